The Morgan fingerprint density at radius 3 is 2.70 bits per heavy atom. The van der Waals surface area contributed by atoms with Gasteiger partial charge in [-0.2, -0.15) is 0 Å². The molecule has 100 valence electrons. The number of fused-ring (bicyclic) bond motifs is 1. The minimum absolute atomic E-state index is 0.554. The van der Waals surface area contributed by atoms with E-state index in [-0.39, 0.29) is 0 Å². The first-order valence-electron chi connectivity index (χ1n) is 5.91. The molecule has 0 aliphatic heterocycles. The third kappa shape index (κ3) is 2.44. The molecule has 3 rings (SSSR count). The molecule has 20 heavy (non-hydrogen) atoms. The van der Waals surface area contributed by atoms with Crippen LogP contribution in [0.3, 0.4) is 0 Å². The summed E-state index contributed by atoms with van der Waals surface area (Å²) in [4.78, 5) is 4.33. The quantitative estimate of drug-likeness (QED) is 0.660. The van der Waals surface area contributed by atoms with E-state index < -0.39 is 0 Å². The standard InChI is InChI=1S/C15H10BrClN2O/c16-9-3-5-13(12(18)8-9)20-14-6-4-11(17)10-2-1-7-19-15(10)14/h1-8H,18H2. The van der Waals surface area contributed by atoms with Crippen LogP contribution in [0.15, 0.2) is 53.1 Å². The van der Waals surface area contributed by atoms with Gasteiger partial charge in [0.25, 0.3) is 0 Å². The van der Waals surface area contributed by atoms with Gasteiger partial charge in [0.1, 0.15) is 11.3 Å². The fourth-order valence-corrected chi connectivity index (χ4v) is 2.52. The molecule has 1 heterocycles. The number of anilines is 1. The van der Waals surface area contributed by atoms with Crippen LogP contribution in [0.4, 0.5) is 5.69 Å². The molecule has 3 nitrogen and oxygen atoms in total. The lowest BCUT2D eigenvalue weighted by atomic mass is 10.2. The number of rotatable bonds is 2. The maximum Gasteiger partial charge on any atom is 0.153 e. The summed E-state index contributed by atoms with van der Waals surface area (Å²) in [6.45, 7) is 0. The summed E-state index contributed by atoms with van der Waals surface area (Å²) in [7, 11) is 0. The second-order valence-electron chi connectivity index (χ2n) is 4.23. The molecule has 0 fully saturated rings. The third-order valence-electron chi connectivity index (χ3n) is 2.87. The second kappa shape index (κ2) is 5.31. The highest BCUT2D eigenvalue weighted by atomic mass is 79.9. The first kappa shape index (κ1) is 13.2. The number of nitrogen functional groups attached to an aromatic ring is 1. The lowest BCUT2D eigenvalue weighted by molar-refractivity contribution is 0.489. The molecule has 0 aliphatic rings. The Kier molecular flexibility index (Phi) is 3.51. The van der Waals surface area contributed by atoms with E-state index in [0.29, 0.717) is 27.7 Å². The van der Waals surface area contributed by atoms with Crippen molar-refractivity contribution in [2.45, 2.75) is 0 Å². The Bertz CT molecular complexity index is 792. The summed E-state index contributed by atoms with van der Waals surface area (Å²) >= 11 is 9.52. The van der Waals surface area contributed by atoms with Gasteiger partial charge in [-0.3, -0.25) is 4.98 Å². The maximum absolute atomic E-state index is 6.16. The first-order chi connectivity index (χ1) is 9.65. The van der Waals surface area contributed by atoms with Crippen molar-refractivity contribution in [1.82, 2.24) is 4.98 Å². The molecule has 0 saturated heterocycles. The van der Waals surface area contributed by atoms with Gasteiger partial charge in [0, 0.05) is 16.1 Å². The highest BCUT2D eigenvalue weighted by Gasteiger charge is 2.09. The molecule has 5 heteroatoms. The summed E-state index contributed by atoms with van der Waals surface area (Å²) < 4.78 is 6.77. The van der Waals surface area contributed by atoms with Crippen molar-refractivity contribution in [1.29, 1.82) is 0 Å². The van der Waals surface area contributed by atoms with Gasteiger partial charge >= 0.3 is 0 Å². The molecule has 1 aromatic heterocycles. The molecule has 2 aromatic carbocycles. The number of nitrogens with zero attached hydrogens (tertiary/aromatic N) is 1. The lowest BCUT2D eigenvalue weighted by Gasteiger charge is -2.11. The van der Waals surface area contributed by atoms with Crippen molar-refractivity contribution >= 4 is 44.1 Å². The van der Waals surface area contributed by atoms with Crippen LogP contribution in [0.1, 0.15) is 0 Å². The van der Waals surface area contributed by atoms with Crippen LogP contribution in [0, 0.1) is 0 Å². The maximum atomic E-state index is 6.16. The predicted octanol–water partition coefficient (Wildman–Crippen LogP) is 5.03. The Balaban J connectivity index is 2.09. The van der Waals surface area contributed by atoms with E-state index in [2.05, 4.69) is 20.9 Å². The number of ether oxygens (including phenoxy) is 1. The Morgan fingerprint density at radius 1 is 1.10 bits per heavy atom. The van der Waals surface area contributed by atoms with E-state index in [1.54, 1.807) is 24.4 Å². The number of benzene rings is 2. The van der Waals surface area contributed by atoms with Gasteiger partial charge in [-0.1, -0.05) is 27.5 Å². The average Bonchev–Trinajstić information content (AvgIpc) is 2.45. The van der Waals surface area contributed by atoms with Crippen molar-refractivity contribution in [2.24, 2.45) is 0 Å². The molecule has 2 N–H and O–H groups in total. The van der Waals surface area contributed by atoms with Crippen LogP contribution in [-0.4, -0.2) is 4.98 Å². The highest BCUT2D eigenvalue weighted by Crippen LogP contribution is 2.35. The zero-order valence-electron chi connectivity index (χ0n) is 10.3. The molecule has 0 amide bonds. The molecule has 0 atom stereocenters. The minimum atomic E-state index is 0.554. The van der Waals surface area contributed by atoms with Crippen molar-refractivity contribution in [3.05, 3.63) is 58.2 Å². The number of halogens is 2. The van der Waals surface area contributed by atoms with Crippen LogP contribution < -0.4 is 10.5 Å². The average molecular weight is 350 g/mol. The molecule has 0 spiro atoms. The van der Waals surface area contributed by atoms with Crippen LogP contribution >= 0.6 is 27.5 Å². The van der Waals surface area contributed by atoms with E-state index in [4.69, 9.17) is 22.1 Å². The van der Waals surface area contributed by atoms with Crippen LogP contribution in [-0.2, 0) is 0 Å². The van der Waals surface area contributed by atoms with Gasteiger partial charge in [0.05, 0.1) is 10.7 Å². The Hall–Kier alpha value is -1.78. The molecule has 0 bridgehead atoms. The number of nitrogens with two attached hydrogens (primary N) is 1. The number of pyridine rings is 1. The summed E-state index contributed by atoms with van der Waals surface area (Å²) in [6, 6.07) is 12.8. The number of aromatic nitrogens is 1. The topological polar surface area (TPSA) is 48.1 Å². The van der Waals surface area contributed by atoms with Crippen molar-refractivity contribution in [3.8, 4) is 11.5 Å². The summed E-state index contributed by atoms with van der Waals surface area (Å²) in [5.74, 6) is 1.21. The van der Waals surface area contributed by atoms with Gasteiger partial charge in [-0.25, -0.2) is 0 Å². The first-order valence-corrected chi connectivity index (χ1v) is 7.08. The molecular weight excluding hydrogens is 340 g/mol. The molecule has 3 aromatic rings. The van der Waals surface area contributed by atoms with Crippen molar-refractivity contribution in [2.75, 3.05) is 5.73 Å². The van der Waals surface area contributed by atoms with E-state index in [0.717, 1.165) is 9.86 Å². The third-order valence-corrected chi connectivity index (χ3v) is 3.69. The molecule has 0 radical (unpaired) electrons. The summed E-state index contributed by atoms with van der Waals surface area (Å²) in [5.41, 5.74) is 7.21. The highest BCUT2D eigenvalue weighted by molar-refractivity contribution is 9.10. The second-order valence-corrected chi connectivity index (χ2v) is 5.55. The molecular formula is C15H10BrClN2O. The predicted molar refractivity (Wildman–Crippen MR) is 85.4 cm³/mol. The lowest BCUT2D eigenvalue weighted by Crippen LogP contribution is -1.93. The number of hydrogen-bond donors (Lipinski definition) is 1. The summed E-state index contributed by atoms with van der Waals surface area (Å²) in [6.07, 6.45) is 1.70. The van der Waals surface area contributed by atoms with Gasteiger partial charge < -0.3 is 10.5 Å². The van der Waals surface area contributed by atoms with Gasteiger partial charge in [-0.15, -0.1) is 0 Å². The van der Waals surface area contributed by atoms with E-state index in [1.165, 1.54) is 0 Å². The normalized spacial score (nSPS) is 10.7. The fraction of sp³-hybridized carbons (Fsp3) is 0. The Labute approximate surface area is 129 Å². The molecule has 0 aliphatic carbocycles. The monoisotopic (exact) mass is 348 g/mol. The minimum Gasteiger partial charge on any atom is -0.453 e. The van der Waals surface area contributed by atoms with E-state index in [1.807, 2.05) is 24.3 Å². The summed E-state index contributed by atoms with van der Waals surface area (Å²) in [5, 5.41) is 1.49. The SMILES string of the molecule is Nc1cc(Br)ccc1Oc1ccc(Cl)c2cccnc12. The Morgan fingerprint density at radius 2 is 1.90 bits per heavy atom. The zero-order chi connectivity index (χ0) is 14.1. The van der Waals surface area contributed by atoms with E-state index >= 15 is 0 Å². The largest absolute Gasteiger partial charge is 0.453 e. The van der Waals surface area contributed by atoms with E-state index in [9.17, 15) is 0 Å². The van der Waals surface area contributed by atoms with Crippen LogP contribution in [0.5, 0.6) is 11.5 Å². The zero-order valence-corrected chi connectivity index (χ0v) is 12.6. The van der Waals surface area contributed by atoms with Crippen molar-refractivity contribution in [3.63, 3.8) is 0 Å². The fourth-order valence-electron chi connectivity index (χ4n) is 1.93. The van der Waals surface area contributed by atoms with Gasteiger partial charge in [0.15, 0.2) is 5.75 Å². The molecule has 0 unspecified atom stereocenters. The molecule has 0 saturated carbocycles. The smallest absolute Gasteiger partial charge is 0.153 e. The van der Waals surface area contributed by atoms with Gasteiger partial charge in [0.2, 0.25) is 0 Å². The van der Waals surface area contributed by atoms with Crippen LogP contribution in [0.2, 0.25) is 5.02 Å². The van der Waals surface area contributed by atoms with Crippen molar-refractivity contribution < 1.29 is 4.74 Å². The van der Waals surface area contributed by atoms with Gasteiger partial charge in [-0.05, 0) is 42.5 Å². The van der Waals surface area contributed by atoms with Crippen LogP contribution in [0.25, 0.3) is 10.9 Å². The number of hydrogen-bond acceptors (Lipinski definition) is 3.